The Kier molecular flexibility index (Phi) is 6.75. The molecule has 0 radical (unpaired) electrons. The monoisotopic (exact) mass is 542 g/mol. The summed E-state index contributed by atoms with van der Waals surface area (Å²) in [6.45, 7) is 4.56. The smallest absolute Gasteiger partial charge is 0.264 e. The molecule has 1 aliphatic rings. The number of amidine groups is 1. The zero-order valence-electron chi connectivity index (χ0n) is 19.3. The van der Waals surface area contributed by atoms with Crippen molar-refractivity contribution in [3.8, 4) is 5.75 Å². The van der Waals surface area contributed by atoms with Crippen LogP contribution in [0.2, 0.25) is 0 Å². The van der Waals surface area contributed by atoms with Gasteiger partial charge in [-0.05, 0) is 95.0 Å². The molecule has 1 fully saturated rings. The molecule has 5 rings (SSSR count). The van der Waals surface area contributed by atoms with E-state index in [1.165, 1.54) is 22.5 Å². The molecule has 1 heterocycles. The van der Waals surface area contributed by atoms with Crippen LogP contribution in [0.4, 0.5) is 5.69 Å². The van der Waals surface area contributed by atoms with Gasteiger partial charge < -0.3 is 10.1 Å². The number of carbonyl (C=O) groups excluding carboxylic acids is 1. The van der Waals surface area contributed by atoms with Gasteiger partial charge in [-0.25, -0.2) is 4.99 Å². The first kappa shape index (κ1) is 23.4. The Morgan fingerprint density at radius 3 is 2.40 bits per heavy atom. The summed E-state index contributed by atoms with van der Waals surface area (Å²) in [6.07, 6.45) is 1.87. The van der Waals surface area contributed by atoms with Crippen LogP contribution in [0.15, 0.2) is 93.2 Å². The predicted molar refractivity (Wildman–Crippen MR) is 149 cm³/mol. The molecule has 4 nitrogen and oxygen atoms in total. The molecule has 6 heteroatoms. The van der Waals surface area contributed by atoms with Crippen LogP contribution in [0.25, 0.3) is 16.8 Å². The van der Waals surface area contributed by atoms with Crippen molar-refractivity contribution in [1.29, 1.82) is 0 Å². The normalized spacial score (nSPS) is 15.7. The van der Waals surface area contributed by atoms with Gasteiger partial charge in [0.1, 0.15) is 12.4 Å². The molecule has 0 atom stereocenters. The van der Waals surface area contributed by atoms with E-state index in [1.54, 1.807) is 0 Å². The van der Waals surface area contributed by atoms with Gasteiger partial charge >= 0.3 is 0 Å². The SMILES string of the molecule is Cc1cc(N=C2NC(=O)/C(=C/c3ccc(OCc4ccc5ccccc5c4)cc3)S2)cc(C)c1Br. The molecule has 0 saturated carbocycles. The van der Waals surface area contributed by atoms with Crippen molar-refractivity contribution in [3.63, 3.8) is 0 Å². The van der Waals surface area contributed by atoms with E-state index in [2.05, 4.69) is 56.6 Å². The average molecular weight is 543 g/mol. The van der Waals surface area contributed by atoms with E-state index >= 15 is 0 Å². The topological polar surface area (TPSA) is 50.7 Å². The maximum atomic E-state index is 12.5. The van der Waals surface area contributed by atoms with Crippen LogP contribution in [0.5, 0.6) is 5.75 Å². The van der Waals surface area contributed by atoms with Crippen molar-refractivity contribution in [1.82, 2.24) is 5.32 Å². The second-order valence-corrected chi connectivity index (χ2v) is 10.2. The third kappa shape index (κ3) is 5.50. The molecule has 0 bridgehead atoms. The lowest BCUT2D eigenvalue weighted by Gasteiger charge is -2.08. The number of amides is 1. The van der Waals surface area contributed by atoms with Gasteiger partial charge in [-0.1, -0.05) is 64.5 Å². The Morgan fingerprint density at radius 1 is 0.943 bits per heavy atom. The van der Waals surface area contributed by atoms with Crippen LogP contribution < -0.4 is 10.1 Å². The van der Waals surface area contributed by atoms with E-state index in [-0.39, 0.29) is 5.91 Å². The molecule has 1 saturated heterocycles. The fourth-order valence-corrected chi connectivity index (χ4v) is 4.96. The molecule has 1 aliphatic heterocycles. The molecule has 0 spiro atoms. The summed E-state index contributed by atoms with van der Waals surface area (Å²) < 4.78 is 7.05. The van der Waals surface area contributed by atoms with E-state index in [1.807, 2.05) is 68.5 Å². The van der Waals surface area contributed by atoms with Crippen LogP contribution in [-0.4, -0.2) is 11.1 Å². The van der Waals surface area contributed by atoms with E-state index in [4.69, 9.17) is 4.74 Å². The molecule has 0 aromatic heterocycles. The predicted octanol–water partition coefficient (Wildman–Crippen LogP) is 7.69. The van der Waals surface area contributed by atoms with Gasteiger partial charge in [0, 0.05) is 4.47 Å². The number of benzene rings is 4. The van der Waals surface area contributed by atoms with Gasteiger partial charge in [-0.2, -0.15) is 0 Å². The Balaban J connectivity index is 1.24. The molecule has 0 unspecified atom stereocenters. The summed E-state index contributed by atoms with van der Waals surface area (Å²) >= 11 is 4.92. The van der Waals surface area contributed by atoms with Crippen molar-refractivity contribution >= 4 is 61.3 Å². The molecule has 1 amide bonds. The van der Waals surface area contributed by atoms with Gasteiger partial charge in [0.2, 0.25) is 0 Å². The van der Waals surface area contributed by atoms with Crippen LogP contribution in [0, 0.1) is 13.8 Å². The number of hydrogen-bond donors (Lipinski definition) is 1. The van der Waals surface area contributed by atoms with Crippen molar-refractivity contribution in [2.24, 2.45) is 4.99 Å². The van der Waals surface area contributed by atoms with E-state index in [9.17, 15) is 4.79 Å². The van der Waals surface area contributed by atoms with Crippen molar-refractivity contribution in [2.75, 3.05) is 0 Å². The maximum absolute atomic E-state index is 12.5. The minimum absolute atomic E-state index is 0.143. The number of rotatable bonds is 5. The van der Waals surface area contributed by atoms with Crippen LogP contribution in [0.3, 0.4) is 0 Å². The summed E-state index contributed by atoms with van der Waals surface area (Å²) in [5.74, 6) is 0.642. The number of nitrogens with zero attached hydrogens (tertiary/aromatic N) is 1. The zero-order chi connectivity index (χ0) is 24.4. The summed E-state index contributed by atoms with van der Waals surface area (Å²) in [7, 11) is 0. The lowest BCUT2D eigenvalue weighted by atomic mass is 10.1. The van der Waals surface area contributed by atoms with E-state index in [0.29, 0.717) is 16.7 Å². The highest BCUT2D eigenvalue weighted by Gasteiger charge is 2.24. The molecular formula is C29H23BrN2O2S. The van der Waals surface area contributed by atoms with Crippen LogP contribution in [-0.2, 0) is 11.4 Å². The first-order chi connectivity index (χ1) is 16.9. The minimum Gasteiger partial charge on any atom is -0.489 e. The third-order valence-electron chi connectivity index (χ3n) is 5.70. The average Bonchev–Trinajstić information content (AvgIpc) is 3.20. The Hall–Kier alpha value is -3.35. The number of carbonyl (C=O) groups is 1. The second kappa shape index (κ2) is 10.1. The molecule has 4 aromatic carbocycles. The Labute approximate surface area is 217 Å². The van der Waals surface area contributed by atoms with Gasteiger partial charge in [0.15, 0.2) is 5.17 Å². The van der Waals surface area contributed by atoms with Gasteiger partial charge in [-0.3, -0.25) is 4.79 Å². The highest BCUT2D eigenvalue weighted by atomic mass is 79.9. The first-order valence-electron chi connectivity index (χ1n) is 11.2. The molecule has 1 N–H and O–H groups in total. The minimum atomic E-state index is -0.143. The highest BCUT2D eigenvalue weighted by molar-refractivity contribution is 9.10. The van der Waals surface area contributed by atoms with Crippen molar-refractivity contribution in [2.45, 2.75) is 20.5 Å². The lowest BCUT2D eigenvalue weighted by Crippen LogP contribution is -2.19. The molecule has 4 aromatic rings. The number of nitrogens with one attached hydrogen (secondary N) is 1. The third-order valence-corrected chi connectivity index (χ3v) is 7.86. The standard InChI is InChI=1S/C29H23BrN2O2S/c1-18-13-24(14-19(2)27(18)30)31-29-32-28(33)26(35-29)16-20-8-11-25(12-9-20)34-17-21-7-10-22-5-3-4-6-23(22)15-21/h3-16H,17H2,1-2H3,(H,31,32,33)/b26-16-. The van der Waals surface area contributed by atoms with E-state index in [0.717, 1.165) is 38.2 Å². The number of hydrogen-bond acceptors (Lipinski definition) is 4. The molecule has 174 valence electrons. The largest absolute Gasteiger partial charge is 0.489 e. The second-order valence-electron chi connectivity index (χ2n) is 8.41. The Morgan fingerprint density at radius 2 is 1.66 bits per heavy atom. The number of halogens is 1. The van der Waals surface area contributed by atoms with Crippen molar-refractivity contribution < 1.29 is 9.53 Å². The van der Waals surface area contributed by atoms with Gasteiger partial charge in [-0.15, -0.1) is 0 Å². The van der Waals surface area contributed by atoms with Crippen LogP contribution in [0.1, 0.15) is 22.3 Å². The maximum Gasteiger partial charge on any atom is 0.264 e. The number of fused-ring (bicyclic) bond motifs is 1. The van der Waals surface area contributed by atoms with Gasteiger partial charge in [0.05, 0.1) is 10.6 Å². The van der Waals surface area contributed by atoms with Crippen LogP contribution >= 0.6 is 27.7 Å². The number of aryl methyl sites for hydroxylation is 2. The molecule has 0 aliphatic carbocycles. The van der Waals surface area contributed by atoms with E-state index < -0.39 is 0 Å². The first-order valence-corrected chi connectivity index (χ1v) is 12.8. The quantitative estimate of drug-likeness (QED) is 0.263. The number of ether oxygens (including phenoxy) is 1. The fourth-order valence-electron chi connectivity index (χ4n) is 3.89. The molecular weight excluding hydrogens is 520 g/mol. The fraction of sp³-hybridized carbons (Fsp3) is 0.103. The summed E-state index contributed by atoms with van der Waals surface area (Å²) in [5, 5.41) is 5.86. The number of thioether (sulfide) groups is 1. The molecule has 35 heavy (non-hydrogen) atoms. The Bertz CT molecular complexity index is 1470. The summed E-state index contributed by atoms with van der Waals surface area (Å²) in [6, 6.07) is 26.4. The highest BCUT2D eigenvalue weighted by Crippen LogP contribution is 2.31. The zero-order valence-corrected chi connectivity index (χ0v) is 21.7. The number of aliphatic imine (C=N–C) groups is 1. The lowest BCUT2D eigenvalue weighted by molar-refractivity contribution is -0.115. The summed E-state index contributed by atoms with van der Waals surface area (Å²) in [5.41, 5.74) is 5.09. The summed E-state index contributed by atoms with van der Waals surface area (Å²) in [4.78, 5) is 17.7. The van der Waals surface area contributed by atoms with Gasteiger partial charge in [0.25, 0.3) is 5.91 Å². The van der Waals surface area contributed by atoms with Crippen molar-refractivity contribution in [3.05, 3.63) is 110 Å².